The van der Waals surface area contributed by atoms with Crippen LogP contribution in [-0.2, 0) is 27.5 Å². The third-order valence-corrected chi connectivity index (χ3v) is 5.16. The van der Waals surface area contributed by atoms with Gasteiger partial charge in [-0.3, -0.25) is 4.79 Å². The van der Waals surface area contributed by atoms with Gasteiger partial charge in [0.25, 0.3) is 0 Å². The average Bonchev–Trinajstić information content (AvgIpc) is 2.78. The van der Waals surface area contributed by atoms with Crippen molar-refractivity contribution in [3.8, 4) is 0 Å². The van der Waals surface area contributed by atoms with Crippen LogP contribution in [0.1, 0.15) is 51.2 Å². The molecule has 2 atom stereocenters. The van der Waals surface area contributed by atoms with Gasteiger partial charge in [-0.25, -0.2) is 4.79 Å². The van der Waals surface area contributed by atoms with Crippen LogP contribution in [0.2, 0.25) is 0 Å². The van der Waals surface area contributed by atoms with Gasteiger partial charge < -0.3 is 19.9 Å². The van der Waals surface area contributed by atoms with E-state index in [0.29, 0.717) is 19.4 Å². The first kappa shape index (κ1) is 25.6. The third-order valence-electron chi connectivity index (χ3n) is 5.16. The Morgan fingerprint density at radius 1 is 0.938 bits per heavy atom. The molecule has 0 bridgehead atoms. The molecule has 0 heterocycles. The molecule has 2 rings (SSSR count). The first-order valence-corrected chi connectivity index (χ1v) is 11.1. The molecule has 0 radical (unpaired) electrons. The minimum Gasteiger partial charge on any atom is -0.445 e. The molecular weight excluding hydrogens is 406 g/mol. The molecule has 2 aromatic rings. The second kappa shape index (κ2) is 13.0. The molecule has 0 aromatic heterocycles. The molecule has 1 amide bonds. The smallest absolute Gasteiger partial charge is 0.407 e. The van der Waals surface area contributed by atoms with Gasteiger partial charge in [0, 0.05) is 18.4 Å². The second-order valence-corrected chi connectivity index (χ2v) is 8.89. The van der Waals surface area contributed by atoms with Gasteiger partial charge in [0.2, 0.25) is 0 Å². The maximum Gasteiger partial charge on any atom is 0.407 e. The summed E-state index contributed by atoms with van der Waals surface area (Å²) in [6, 6.07) is 18.5. The predicted octanol–water partition coefficient (Wildman–Crippen LogP) is 4.64. The molecule has 0 fully saturated rings. The highest BCUT2D eigenvalue weighted by molar-refractivity contribution is 5.84. The number of alkyl carbamates (subject to hydrolysis) is 1. The fraction of sp³-hybridized carbons (Fsp3) is 0.462. The molecule has 0 saturated carbocycles. The number of carbonyl (C=O) groups is 2. The molecule has 0 aliphatic rings. The number of hydrogen-bond donors (Lipinski definition) is 2. The number of hydrogen-bond acceptors (Lipinski definition) is 5. The topological polar surface area (TPSA) is 84.9 Å². The van der Waals surface area contributed by atoms with E-state index in [-0.39, 0.29) is 25.4 Å². The zero-order chi connectivity index (χ0) is 23.4. The summed E-state index contributed by atoms with van der Waals surface area (Å²) in [6.45, 7) is 6.05. The van der Waals surface area contributed by atoms with Gasteiger partial charge in [0.1, 0.15) is 12.4 Å². The molecule has 6 heteroatoms. The van der Waals surface area contributed by atoms with Crippen molar-refractivity contribution in [1.29, 1.82) is 0 Å². The molecule has 2 aromatic carbocycles. The number of rotatable bonds is 12. The summed E-state index contributed by atoms with van der Waals surface area (Å²) in [5.41, 5.74) is 1.32. The van der Waals surface area contributed by atoms with Crippen molar-refractivity contribution >= 4 is 11.9 Å². The summed E-state index contributed by atoms with van der Waals surface area (Å²) in [7, 11) is 0. The highest BCUT2D eigenvalue weighted by atomic mass is 16.5. The summed E-state index contributed by atoms with van der Waals surface area (Å²) < 4.78 is 11.5. The van der Waals surface area contributed by atoms with Crippen molar-refractivity contribution in [2.45, 2.75) is 65.4 Å². The molecule has 6 nitrogen and oxygen atoms in total. The van der Waals surface area contributed by atoms with Crippen LogP contribution in [0.5, 0.6) is 0 Å². The van der Waals surface area contributed by atoms with Crippen LogP contribution < -0.4 is 5.32 Å². The molecule has 0 spiro atoms. The lowest BCUT2D eigenvalue weighted by Gasteiger charge is -2.30. The maximum absolute atomic E-state index is 12.8. The van der Waals surface area contributed by atoms with Crippen molar-refractivity contribution < 1.29 is 24.2 Å². The molecule has 0 aliphatic heterocycles. The molecule has 32 heavy (non-hydrogen) atoms. The lowest BCUT2D eigenvalue weighted by molar-refractivity contribution is -0.128. The van der Waals surface area contributed by atoms with E-state index >= 15 is 0 Å². The Morgan fingerprint density at radius 2 is 1.50 bits per heavy atom. The quantitative estimate of drug-likeness (QED) is 0.501. The zero-order valence-corrected chi connectivity index (χ0v) is 19.3. The molecule has 0 saturated heterocycles. The summed E-state index contributed by atoms with van der Waals surface area (Å²) in [6.07, 6.45) is 0.0791. The number of ether oxygens (including phenoxy) is 2. The standard InChI is InChI=1S/C26H35NO5/c1-26(2,3)24(29)17-22(27-25(30)32-19-21-13-8-5-9-14-21)23(15-10-16-28)31-18-20-11-6-4-7-12-20/h4-9,11-14,22-23,28H,10,15-19H2,1-3H3,(H,27,30)/t22-,23-/m0/s1. The molecule has 174 valence electrons. The average molecular weight is 442 g/mol. The summed E-state index contributed by atoms with van der Waals surface area (Å²) in [5.74, 6) is 0.0168. The van der Waals surface area contributed by atoms with Crippen LogP contribution in [0.3, 0.4) is 0 Å². The number of carbonyl (C=O) groups excluding carboxylic acids is 2. The normalized spacial score (nSPS) is 13.2. The van der Waals surface area contributed by atoms with Gasteiger partial charge in [-0.05, 0) is 24.0 Å². The van der Waals surface area contributed by atoms with Crippen molar-refractivity contribution in [2.24, 2.45) is 5.41 Å². The number of benzene rings is 2. The van der Waals surface area contributed by atoms with E-state index in [2.05, 4.69) is 5.32 Å². The van der Waals surface area contributed by atoms with Gasteiger partial charge >= 0.3 is 6.09 Å². The van der Waals surface area contributed by atoms with E-state index in [1.165, 1.54) is 0 Å². The van der Waals surface area contributed by atoms with Gasteiger partial charge in [-0.1, -0.05) is 81.4 Å². The van der Waals surface area contributed by atoms with Crippen LogP contribution in [0.15, 0.2) is 60.7 Å². The highest BCUT2D eigenvalue weighted by Crippen LogP contribution is 2.22. The molecule has 0 aliphatic carbocycles. The lowest BCUT2D eigenvalue weighted by Crippen LogP contribution is -2.47. The largest absolute Gasteiger partial charge is 0.445 e. The van der Waals surface area contributed by atoms with E-state index < -0.39 is 23.7 Å². The minimum atomic E-state index is -0.599. The van der Waals surface area contributed by atoms with E-state index in [9.17, 15) is 14.7 Å². The van der Waals surface area contributed by atoms with Crippen molar-refractivity contribution in [1.82, 2.24) is 5.32 Å². The number of ketones is 1. The Balaban J connectivity index is 2.10. The Hall–Kier alpha value is -2.70. The molecule has 0 unspecified atom stereocenters. The fourth-order valence-corrected chi connectivity index (χ4v) is 3.17. The van der Waals surface area contributed by atoms with E-state index in [4.69, 9.17) is 9.47 Å². The van der Waals surface area contributed by atoms with Crippen molar-refractivity contribution in [3.63, 3.8) is 0 Å². The minimum absolute atomic E-state index is 0.00356. The second-order valence-electron chi connectivity index (χ2n) is 8.89. The number of aliphatic hydroxyl groups is 1. The Bertz CT molecular complexity index is 817. The molecular formula is C26H35NO5. The van der Waals surface area contributed by atoms with Crippen LogP contribution >= 0.6 is 0 Å². The van der Waals surface area contributed by atoms with Gasteiger partial charge in [-0.15, -0.1) is 0 Å². The SMILES string of the molecule is CC(C)(C)C(=O)C[C@H](NC(=O)OCc1ccccc1)[C@H](CCCO)OCc1ccccc1. The van der Waals surface area contributed by atoms with Crippen molar-refractivity contribution in [3.05, 3.63) is 71.8 Å². The lowest BCUT2D eigenvalue weighted by atomic mass is 9.85. The van der Waals surface area contributed by atoms with Gasteiger partial charge in [-0.2, -0.15) is 0 Å². The first-order valence-electron chi connectivity index (χ1n) is 11.1. The van der Waals surface area contributed by atoms with Gasteiger partial charge in [0.05, 0.1) is 18.8 Å². The van der Waals surface area contributed by atoms with Crippen LogP contribution in [-0.4, -0.2) is 35.7 Å². The molecule has 2 N–H and O–H groups in total. The number of aliphatic hydroxyl groups excluding tert-OH is 1. The van der Waals surface area contributed by atoms with E-state index in [1.807, 2.05) is 81.4 Å². The Labute approximate surface area is 190 Å². The number of Topliss-reactive ketones (excluding diaryl/α,β-unsaturated/α-hetero) is 1. The monoisotopic (exact) mass is 441 g/mol. The summed E-state index contributed by atoms with van der Waals surface area (Å²) in [5, 5.41) is 12.2. The zero-order valence-electron chi connectivity index (χ0n) is 19.3. The Kier molecular flexibility index (Phi) is 10.4. The predicted molar refractivity (Wildman–Crippen MR) is 124 cm³/mol. The van der Waals surface area contributed by atoms with E-state index in [0.717, 1.165) is 11.1 Å². The van der Waals surface area contributed by atoms with Crippen LogP contribution in [0.4, 0.5) is 4.79 Å². The van der Waals surface area contributed by atoms with Crippen LogP contribution in [0, 0.1) is 5.41 Å². The summed E-state index contributed by atoms with van der Waals surface area (Å²) >= 11 is 0. The van der Waals surface area contributed by atoms with Crippen LogP contribution in [0.25, 0.3) is 0 Å². The number of nitrogens with one attached hydrogen (secondary N) is 1. The highest BCUT2D eigenvalue weighted by Gasteiger charge is 2.31. The maximum atomic E-state index is 12.8. The Morgan fingerprint density at radius 3 is 2.03 bits per heavy atom. The summed E-state index contributed by atoms with van der Waals surface area (Å²) in [4.78, 5) is 25.4. The fourth-order valence-electron chi connectivity index (χ4n) is 3.17. The van der Waals surface area contributed by atoms with Crippen molar-refractivity contribution in [2.75, 3.05) is 6.61 Å². The third kappa shape index (κ3) is 9.20. The first-order chi connectivity index (χ1) is 15.3. The number of amides is 1. The van der Waals surface area contributed by atoms with Gasteiger partial charge in [0.15, 0.2) is 0 Å². The van der Waals surface area contributed by atoms with E-state index in [1.54, 1.807) is 0 Å².